The van der Waals surface area contributed by atoms with Crippen molar-refractivity contribution in [2.75, 3.05) is 29.9 Å². The fourth-order valence-electron chi connectivity index (χ4n) is 8.30. The van der Waals surface area contributed by atoms with Crippen molar-refractivity contribution in [3.05, 3.63) is 93.0 Å². The van der Waals surface area contributed by atoms with Crippen molar-refractivity contribution in [3.63, 3.8) is 0 Å². The number of carboxylic acids is 1. The Hall–Kier alpha value is -7.00. The Kier molecular flexibility index (Phi) is 14.6. The molecule has 0 radical (unpaired) electrons. The highest BCUT2D eigenvalue weighted by Gasteiger charge is 2.68. The second-order valence-corrected chi connectivity index (χ2v) is 22.6. The average molecular weight is 1130 g/mol. The number of benzene rings is 2. The molecule has 0 spiro atoms. The van der Waals surface area contributed by atoms with E-state index in [9.17, 15) is 71.1 Å². The van der Waals surface area contributed by atoms with E-state index in [1.54, 1.807) is 0 Å². The molecule has 2 aliphatic rings. The number of nitrogens with zero attached hydrogens (tertiary/aromatic N) is 6. The van der Waals surface area contributed by atoms with E-state index in [0.717, 1.165) is 42.7 Å². The lowest BCUT2D eigenvalue weighted by Gasteiger charge is -2.23. The molecule has 18 nitrogen and oxygen atoms in total. The van der Waals surface area contributed by atoms with E-state index in [0.29, 0.717) is 12.3 Å². The number of fused-ring (bicyclic) bond motifs is 4. The third kappa shape index (κ3) is 11.6. The summed E-state index contributed by atoms with van der Waals surface area (Å²) in [6.07, 6.45) is -10.2. The van der Waals surface area contributed by atoms with Crippen LogP contribution in [0.3, 0.4) is 0 Å². The molecule has 0 saturated heterocycles. The van der Waals surface area contributed by atoms with Crippen molar-refractivity contribution in [2.45, 2.75) is 74.8 Å². The van der Waals surface area contributed by atoms with Gasteiger partial charge in [0.25, 0.3) is 5.92 Å². The van der Waals surface area contributed by atoms with Crippen LogP contribution < -0.4 is 20.3 Å². The zero-order valence-electron chi connectivity index (χ0n) is 38.9. The quantitative estimate of drug-likeness (QED) is 0.0435. The van der Waals surface area contributed by atoms with Gasteiger partial charge in [-0.3, -0.25) is 19.0 Å². The summed E-state index contributed by atoms with van der Waals surface area (Å²) in [5.41, 5.74) is -6.29. The molecule has 3 aromatic heterocycles. The molecule has 2 aliphatic carbocycles. The number of sulfone groups is 1. The number of nitrogens with one attached hydrogen (secondary N) is 3. The first-order valence-corrected chi connectivity index (χ1v) is 25.7. The van der Waals surface area contributed by atoms with Crippen LogP contribution in [0.1, 0.15) is 66.1 Å². The van der Waals surface area contributed by atoms with E-state index in [-0.39, 0.29) is 36.9 Å². The van der Waals surface area contributed by atoms with Gasteiger partial charge in [0.05, 0.1) is 33.9 Å². The van der Waals surface area contributed by atoms with Crippen LogP contribution in [0.15, 0.2) is 42.5 Å². The number of carbonyl (C=O) groups excluding carboxylic acids is 3. The lowest BCUT2D eigenvalue weighted by atomic mass is 9.93. The predicted molar refractivity (Wildman–Crippen MR) is 244 cm³/mol. The second-order valence-electron chi connectivity index (χ2n) is 17.8. The Labute approximate surface area is 422 Å². The number of anilines is 1. The van der Waals surface area contributed by atoms with Gasteiger partial charge in [-0.05, 0) is 74.4 Å². The second kappa shape index (κ2) is 19.6. The Morgan fingerprint density at radius 1 is 0.920 bits per heavy atom. The van der Waals surface area contributed by atoms with Crippen LogP contribution in [0.2, 0.25) is 5.02 Å². The van der Waals surface area contributed by atoms with Gasteiger partial charge in [-0.2, -0.15) is 49.6 Å². The monoisotopic (exact) mass is 1130 g/mol. The van der Waals surface area contributed by atoms with E-state index in [2.05, 4.69) is 37.7 Å². The van der Waals surface area contributed by atoms with Crippen LogP contribution in [0.25, 0.3) is 22.0 Å². The molecule has 2 aromatic carbocycles. The summed E-state index contributed by atoms with van der Waals surface area (Å²) >= 11 is 6.60. The minimum atomic E-state index is -5.25. The lowest BCUT2D eigenvalue weighted by molar-refractivity contribution is -0.150. The number of aliphatic carboxylic acids is 1. The van der Waals surface area contributed by atoms with E-state index in [1.807, 2.05) is 5.32 Å². The number of pyridine rings is 1. The van der Waals surface area contributed by atoms with Crippen molar-refractivity contribution in [1.29, 1.82) is 0 Å². The molecule has 1 saturated carbocycles. The van der Waals surface area contributed by atoms with Crippen LogP contribution in [-0.2, 0) is 65.9 Å². The molecule has 31 heteroatoms. The van der Waals surface area contributed by atoms with Gasteiger partial charge in [-0.15, -0.1) is 0 Å². The molecule has 3 atom stereocenters. The van der Waals surface area contributed by atoms with Gasteiger partial charge in [0.1, 0.15) is 40.9 Å². The minimum Gasteiger partial charge on any atom is -0.474 e. The third-order valence-electron chi connectivity index (χ3n) is 11.9. The van der Waals surface area contributed by atoms with Crippen LogP contribution >= 0.6 is 11.6 Å². The molecule has 7 rings (SSSR count). The summed E-state index contributed by atoms with van der Waals surface area (Å²) in [4.78, 5) is 54.7. The maximum atomic E-state index is 15.6. The summed E-state index contributed by atoms with van der Waals surface area (Å²) in [6, 6.07) is 2.84. The predicted octanol–water partition coefficient (Wildman–Crippen LogP) is 5.97. The van der Waals surface area contributed by atoms with Crippen molar-refractivity contribution in [3.8, 4) is 23.0 Å². The van der Waals surface area contributed by atoms with Gasteiger partial charge >= 0.3 is 30.3 Å². The molecule has 5 aromatic rings. The molecule has 4 amide bonds. The number of sulfonamides is 1. The average Bonchev–Trinajstić information content (AvgIpc) is 3.78. The summed E-state index contributed by atoms with van der Waals surface area (Å²) in [5.74, 6) is -9.78. The molecule has 0 bridgehead atoms. The van der Waals surface area contributed by atoms with Gasteiger partial charge in [-0.25, -0.2) is 40.2 Å². The summed E-state index contributed by atoms with van der Waals surface area (Å²) < 4.78 is 198. The first kappa shape index (κ1) is 55.7. The summed E-state index contributed by atoms with van der Waals surface area (Å²) in [7, 11) is -8.87. The fourth-order valence-corrected chi connectivity index (χ4v) is 9.58. The number of halogens is 11. The summed E-state index contributed by atoms with van der Waals surface area (Å²) in [5, 5.41) is 21.1. The topological polar surface area (TPSA) is 245 Å². The van der Waals surface area contributed by atoms with Gasteiger partial charge < -0.3 is 21.1 Å². The molecular formula is C44H38ClF10N9O9S2. The maximum Gasteiger partial charge on any atom is 0.435 e. The number of carboxylic acid groups (broad SMARTS) is 1. The fraction of sp³-hybridized carbons (Fsp3) is 0.386. The van der Waals surface area contributed by atoms with Crippen LogP contribution in [0.4, 0.5) is 54.5 Å². The molecule has 75 heavy (non-hydrogen) atoms. The Balaban J connectivity index is 1.45. The molecule has 3 heterocycles. The van der Waals surface area contributed by atoms with Crippen LogP contribution in [-0.4, -0.2) is 107 Å². The smallest absolute Gasteiger partial charge is 0.435 e. The third-order valence-corrected chi connectivity index (χ3v) is 15.2. The number of hydrogen-bond donors (Lipinski definition) is 4. The maximum absolute atomic E-state index is 15.6. The van der Waals surface area contributed by atoms with Crippen molar-refractivity contribution in [2.24, 2.45) is 5.92 Å². The van der Waals surface area contributed by atoms with E-state index in [1.165, 1.54) is 13.8 Å². The highest BCUT2D eigenvalue weighted by molar-refractivity contribution is 7.93. The highest BCUT2D eigenvalue weighted by Crippen LogP contribution is 2.68. The number of rotatable bonds is 14. The van der Waals surface area contributed by atoms with E-state index < -0.39 is 179 Å². The molecule has 1 fully saturated rings. The first-order chi connectivity index (χ1) is 34.5. The first-order valence-electron chi connectivity index (χ1n) is 21.6. The highest BCUT2D eigenvalue weighted by atomic mass is 35.5. The minimum absolute atomic E-state index is 0.0942. The Morgan fingerprint density at radius 2 is 1.55 bits per heavy atom. The van der Waals surface area contributed by atoms with Crippen LogP contribution in [0, 0.1) is 29.4 Å². The lowest BCUT2D eigenvalue weighted by Crippen LogP contribution is -2.46. The van der Waals surface area contributed by atoms with E-state index in [4.69, 9.17) is 16.7 Å². The molecule has 402 valence electrons. The van der Waals surface area contributed by atoms with Gasteiger partial charge in [0.2, 0.25) is 15.9 Å². The molecule has 0 aliphatic heterocycles. The number of hydrogen-bond acceptors (Lipinski definition) is 11. The molecular weight excluding hydrogens is 1090 g/mol. The van der Waals surface area contributed by atoms with Gasteiger partial charge in [-0.1, -0.05) is 23.6 Å². The Bertz CT molecular complexity index is 3480. The van der Waals surface area contributed by atoms with Gasteiger partial charge in [0.15, 0.2) is 21.3 Å². The Morgan fingerprint density at radius 3 is 2.13 bits per heavy atom. The van der Waals surface area contributed by atoms with E-state index >= 15 is 8.78 Å². The SMILES string of the molecule is CC(C)(C#Cc1ccc(-c2ccc(Cl)c3c(N(C(=O)NCCNC(=O)C(=O)O)S(C)(=O)=O)nn(CC(F)(F)F)c23)c(C(Cc2cc(F)cc(F)c2)NC(=O)Cn2nc(C(F)(F)F)c3c2C(F)(F)[C@@H]2C[C@H]32)n1)S(C)(=O)=O. The van der Waals surface area contributed by atoms with Crippen molar-refractivity contribution in [1.82, 2.24) is 40.5 Å². The number of amides is 4. The van der Waals surface area contributed by atoms with Crippen molar-refractivity contribution < 1.29 is 85.0 Å². The number of urea groups is 1. The van der Waals surface area contributed by atoms with Crippen molar-refractivity contribution >= 4 is 72.0 Å². The normalized spacial score (nSPS) is 16.6. The molecule has 1 unspecified atom stereocenters. The van der Waals surface area contributed by atoms with Crippen LogP contribution in [0.5, 0.6) is 0 Å². The van der Waals surface area contributed by atoms with Gasteiger partial charge in [0, 0.05) is 48.0 Å². The number of aromatic nitrogens is 5. The zero-order valence-corrected chi connectivity index (χ0v) is 41.3. The largest absolute Gasteiger partial charge is 0.474 e. The molecule has 4 N–H and O–H groups in total. The zero-order chi connectivity index (χ0) is 55.7. The standard InChI is InChI=1S/C44H38ClF10N9O9S2/c1-41(2,74(3,70)71)10-9-23-5-6-24(25-7-8-28(45)32-34(25)63(19-42(48,49)50)61-37(32)64(75(4,72)73)40(69)57-12-11-56-38(66)39(67)68)33(58-23)29(15-20-13-21(46)16-22(47)14-20)59-30(65)18-62-36-31(35(60-62)44(53,54)55)26-17-27(26)43(36,51)52/h5-8,13-14,16,26-27,29H,11-12,15,17-19H2,1-4H3,(H,56,66)(H,57,69)(H,59,65)(H,67,68)/t26-,27+,29?/m0/s1. The summed E-state index contributed by atoms with van der Waals surface area (Å²) in [6.45, 7) is -2.22. The number of alkyl halides is 8. The number of carbonyl (C=O) groups is 4.